The van der Waals surface area contributed by atoms with E-state index < -0.39 is 6.10 Å². The fourth-order valence-electron chi connectivity index (χ4n) is 2.29. The number of hydrogen-bond donors (Lipinski definition) is 2. The minimum absolute atomic E-state index is 0.0646. The second-order valence-corrected chi connectivity index (χ2v) is 6.30. The summed E-state index contributed by atoms with van der Waals surface area (Å²) >= 11 is 5.90. The van der Waals surface area contributed by atoms with Crippen molar-refractivity contribution in [3.63, 3.8) is 0 Å². The average molecular weight is 348 g/mol. The van der Waals surface area contributed by atoms with Crippen LogP contribution in [0.1, 0.15) is 31.1 Å². The number of halogens is 1. The van der Waals surface area contributed by atoms with Gasteiger partial charge in [-0.15, -0.1) is 0 Å². The van der Waals surface area contributed by atoms with Crippen LogP contribution in [0.2, 0.25) is 5.02 Å². The highest BCUT2D eigenvalue weighted by Crippen LogP contribution is 2.20. The summed E-state index contributed by atoms with van der Waals surface area (Å²) in [6.45, 7) is 4.03. The van der Waals surface area contributed by atoms with Crippen LogP contribution >= 0.6 is 11.6 Å². The van der Waals surface area contributed by atoms with Crippen molar-refractivity contribution in [2.45, 2.75) is 32.5 Å². The summed E-state index contributed by atoms with van der Waals surface area (Å²) in [5, 5.41) is 13.6. The number of carbonyl (C=O) groups is 1. The molecule has 1 amide bonds. The zero-order valence-corrected chi connectivity index (χ0v) is 14.6. The molecule has 2 aromatic carbocycles. The van der Waals surface area contributed by atoms with E-state index >= 15 is 0 Å². The second-order valence-electron chi connectivity index (χ2n) is 5.87. The molecule has 1 unspecified atom stereocenters. The Morgan fingerprint density at radius 2 is 1.96 bits per heavy atom. The summed E-state index contributed by atoms with van der Waals surface area (Å²) in [7, 11) is 0. The Morgan fingerprint density at radius 3 is 2.67 bits per heavy atom. The number of aliphatic hydroxyl groups excluding tert-OH is 1. The summed E-state index contributed by atoms with van der Waals surface area (Å²) in [6.07, 6.45) is -0.497. The zero-order valence-electron chi connectivity index (χ0n) is 13.8. The lowest BCUT2D eigenvalue weighted by molar-refractivity contribution is -0.120. The molecule has 1 atom stereocenters. The molecule has 4 nitrogen and oxygen atoms in total. The van der Waals surface area contributed by atoms with Gasteiger partial charge in [0, 0.05) is 11.6 Å². The Morgan fingerprint density at radius 1 is 1.21 bits per heavy atom. The van der Waals surface area contributed by atoms with Gasteiger partial charge in [-0.1, -0.05) is 35.9 Å². The lowest BCUT2D eigenvalue weighted by Gasteiger charge is -2.15. The Labute approximate surface area is 147 Å². The van der Waals surface area contributed by atoms with Crippen molar-refractivity contribution in [2.24, 2.45) is 0 Å². The minimum atomic E-state index is -0.788. The van der Waals surface area contributed by atoms with Gasteiger partial charge in [0.2, 0.25) is 5.91 Å². The van der Waals surface area contributed by atoms with Crippen molar-refractivity contribution < 1.29 is 14.6 Å². The SMILES string of the molecule is CC(C)Oc1cccc(C(O)CNC(=O)Cc2cccc(Cl)c2)c1. The Hall–Kier alpha value is -2.04. The summed E-state index contributed by atoms with van der Waals surface area (Å²) in [5.74, 6) is 0.540. The van der Waals surface area contributed by atoms with E-state index in [4.69, 9.17) is 16.3 Å². The molecule has 128 valence electrons. The quantitative estimate of drug-likeness (QED) is 0.805. The lowest BCUT2D eigenvalue weighted by atomic mass is 10.1. The first kappa shape index (κ1) is 18.3. The van der Waals surface area contributed by atoms with Crippen LogP contribution in [0, 0.1) is 0 Å². The summed E-state index contributed by atoms with van der Waals surface area (Å²) in [6, 6.07) is 14.4. The van der Waals surface area contributed by atoms with Crippen molar-refractivity contribution in [3.8, 4) is 5.75 Å². The molecule has 0 saturated carbocycles. The fraction of sp³-hybridized carbons (Fsp3) is 0.316. The van der Waals surface area contributed by atoms with Crippen LogP contribution in [0.15, 0.2) is 48.5 Å². The molecule has 0 aliphatic heterocycles. The van der Waals surface area contributed by atoms with Crippen LogP contribution in [-0.2, 0) is 11.2 Å². The first-order chi connectivity index (χ1) is 11.4. The first-order valence-electron chi connectivity index (χ1n) is 7.90. The highest BCUT2D eigenvalue weighted by molar-refractivity contribution is 6.30. The van der Waals surface area contributed by atoms with Gasteiger partial charge >= 0.3 is 0 Å². The van der Waals surface area contributed by atoms with Crippen LogP contribution < -0.4 is 10.1 Å². The third-order valence-electron chi connectivity index (χ3n) is 3.36. The minimum Gasteiger partial charge on any atom is -0.491 e. The van der Waals surface area contributed by atoms with Crippen LogP contribution in [-0.4, -0.2) is 23.7 Å². The molecule has 0 saturated heterocycles. The van der Waals surface area contributed by atoms with E-state index in [1.807, 2.05) is 32.0 Å². The summed E-state index contributed by atoms with van der Waals surface area (Å²) in [5.41, 5.74) is 1.54. The number of ether oxygens (including phenoxy) is 1. The topological polar surface area (TPSA) is 58.6 Å². The maximum Gasteiger partial charge on any atom is 0.224 e. The van der Waals surface area contributed by atoms with Crippen molar-refractivity contribution in [1.29, 1.82) is 0 Å². The molecule has 5 heteroatoms. The maximum absolute atomic E-state index is 12.0. The van der Waals surface area contributed by atoms with E-state index in [9.17, 15) is 9.90 Å². The largest absolute Gasteiger partial charge is 0.491 e. The molecule has 2 rings (SSSR count). The predicted molar refractivity (Wildman–Crippen MR) is 95.3 cm³/mol. The molecule has 0 aromatic heterocycles. The third kappa shape index (κ3) is 5.87. The first-order valence-corrected chi connectivity index (χ1v) is 8.27. The van der Waals surface area contributed by atoms with Gasteiger partial charge < -0.3 is 15.2 Å². The van der Waals surface area contributed by atoms with Gasteiger partial charge in [0.25, 0.3) is 0 Å². The van der Waals surface area contributed by atoms with Gasteiger partial charge in [-0.3, -0.25) is 4.79 Å². The highest BCUT2D eigenvalue weighted by Gasteiger charge is 2.11. The number of hydrogen-bond acceptors (Lipinski definition) is 3. The molecular weight excluding hydrogens is 326 g/mol. The fourth-order valence-corrected chi connectivity index (χ4v) is 2.50. The molecular formula is C19H22ClNO3. The normalized spacial score (nSPS) is 12.0. The Bertz CT molecular complexity index is 688. The van der Waals surface area contributed by atoms with Crippen LogP contribution in [0.5, 0.6) is 5.75 Å². The summed E-state index contributed by atoms with van der Waals surface area (Å²) in [4.78, 5) is 12.0. The molecule has 0 heterocycles. The van der Waals surface area contributed by atoms with Crippen LogP contribution in [0.3, 0.4) is 0 Å². The number of carbonyl (C=O) groups excluding carboxylic acids is 1. The zero-order chi connectivity index (χ0) is 17.5. The number of aliphatic hydroxyl groups is 1. The molecule has 24 heavy (non-hydrogen) atoms. The standard InChI is InChI=1S/C19H22ClNO3/c1-13(2)24-17-8-4-6-15(11-17)18(22)12-21-19(23)10-14-5-3-7-16(20)9-14/h3-9,11,13,18,22H,10,12H2,1-2H3,(H,21,23). The van der Waals surface area contributed by atoms with E-state index in [-0.39, 0.29) is 25.0 Å². The maximum atomic E-state index is 12.0. The molecule has 0 bridgehead atoms. The Kier molecular flexibility index (Phi) is 6.64. The van der Waals surface area contributed by atoms with Crippen molar-refractivity contribution in [3.05, 3.63) is 64.7 Å². The number of amides is 1. The molecule has 0 aliphatic carbocycles. The molecule has 0 spiro atoms. The third-order valence-corrected chi connectivity index (χ3v) is 3.60. The number of benzene rings is 2. The van der Waals surface area contributed by atoms with E-state index in [0.29, 0.717) is 16.3 Å². The number of rotatable bonds is 7. The Balaban J connectivity index is 1.88. The van der Waals surface area contributed by atoms with Gasteiger partial charge in [0.15, 0.2) is 0 Å². The highest BCUT2D eigenvalue weighted by atomic mass is 35.5. The van der Waals surface area contributed by atoms with Gasteiger partial charge in [0.05, 0.1) is 18.6 Å². The summed E-state index contributed by atoms with van der Waals surface area (Å²) < 4.78 is 5.61. The van der Waals surface area contributed by atoms with Crippen LogP contribution in [0.25, 0.3) is 0 Å². The van der Waals surface area contributed by atoms with Gasteiger partial charge in [-0.25, -0.2) is 0 Å². The molecule has 2 aromatic rings. The molecule has 0 radical (unpaired) electrons. The number of nitrogens with one attached hydrogen (secondary N) is 1. The monoisotopic (exact) mass is 347 g/mol. The average Bonchev–Trinajstić information content (AvgIpc) is 2.52. The van der Waals surface area contributed by atoms with Crippen molar-refractivity contribution in [1.82, 2.24) is 5.32 Å². The predicted octanol–water partition coefficient (Wildman–Crippen LogP) is 3.52. The molecule has 0 fully saturated rings. The van der Waals surface area contributed by atoms with Gasteiger partial charge in [-0.05, 0) is 49.2 Å². The van der Waals surface area contributed by atoms with E-state index in [1.54, 1.807) is 30.3 Å². The lowest BCUT2D eigenvalue weighted by Crippen LogP contribution is -2.29. The van der Waals surface area contributed by atoms with Crippen LogP contribution in [0.4, 0.5) is 0 Å². The van der Waals surface area contributed by atoms with E-state index in [1.165, 1.54) is 0 Å². The van der Waals surface area contributed by atoms with Gasteiger partial charge in [0.1, 0.15) is 5.75 Å². The molecule has 0 aliphatic rings. The van der Waals surface area contributed by atoms with Crippen molar-refractivity contribution in [2.75, 3.05) is 6.54 Å². The van der Waals surface area contributed by atoms with E-state index in [2.05, 4.69) is 5.32 Å². The van der Waals surface area contributed by atoms with Gasteiger partial charge in [-0.2, -0.15) is 0 Å². The molecule has 2 N–H and O–H groups in total. The van der Waals surface area contributed by atoms with E-state index in [0.717, 1.165) is 5.56 Å². The second kappa shape index (κ2) is 8.71. The van der Waals surface area contributed by atoms with Crippen molar-refractivity contribution >= 4 is 17.5 Å². The smallest absolute Gasteiger partial charge is 0.224 e.